The first-order valence-electron chi connectivity index (χ1n) is 8.29. The molecule has 0 bridgehead atoms. The van der Waals surface area contributed by atoms with E-state index in [0.29, 0.717) is 18.8 Å². The molecule has 0 spiro atoms. The number of carbonyl (C=O) groups excluding carboxylic acids is 1. The molecule has 2 heterocycles. The summed E-state index contributed by atoms with van der Waals surface area (Å²) in [6.45, 7) is 2.96. The number of ether oxygens (including phenoxy) is 1. The molecule has 1 atom stereocenters. The van der Waals surface area contributed by atoms with Crippen molar-refractivity contribution in [2.45, 2.75) is 25.9 Å². The van der Waals surface area contributed by atoms with Crippen LogP contribution in [-0.4, -0.2) is 34.6 Å². The van der Waals surface area contributed by atoms with Gasteiger partial charge in [-0.3, -0.25) is 9.59 Å². The molecule has 1 aliphatic heterocycles. The summed E-state index contributed by atoms with van der Waals surface area (Å²) in [6, 6.07) is 9.26. The van der Waals surface area contributed by atoms with E-state index in [9.17, 15) is 14.0 Å². The molecule has 5 nitrogen and oxygen atoms in total. The minimum Gasteiger partial charge on any atom is -0.488 e. The van der Waals surface area contributed by atoms with Crippen LogP contribution >= 0.6 is 0 Å². The molecule has 0 radical (unpaired) electrons. The second kappa shape index (κ2) is 7.09. The Morgan fingerprint density at radius 1 is 1.28 bits per heavy atom. The van der Waals surface area contributed by atoms with Crippen molar-refractivity contribution < 1.29 is 13.9 Å². The molecule has 1 saturated heterocycles. The fourth-order valence-electron chi connectivity index (χ4n) is 2.94. The van der Waals surface area contributed by atoms with Crippen molar-refractivity contribution in [3.63, 3.8) is 0 Å². The van der Waals surface area contributed by atoms with Crippen LogP contribution in [0.15, 0.2) is 41.2 Å². The first-order chi connectivity index (χ1) is 11.9. The summed E-state index contributed by atoms with van der Waals surface area (Å²) in [5, 5.41) is 0. The summed E-state index contributed by atoms with van der Waals surface area (Å²) < 4.78 is 20.4. The lowest BCUT2D eigenvalue weighted by molar-refractivity contribution is -0.129. The number of likely N-dealkylation sites (tertiary alicyclic amines) is 1. The van der Waals surface area contributed by atoms with Gasteiger partial charge in [0.25, 0.3) is 5.56 Å². The van der Waals surface area contributed by atoms with Crippen LogP contribution in [0.2, 0.25) is 0 Å². The number of amides is 1. The van der Waals surface area contributed by atoms with Crippen LogP contribution in [0.5, 0.6) is 5.75 Å². The van der Waals surface area contributed by atoms with E-state index in [2.05, 4.69) is 0 Å². The quantitative estimate of drug-likeness (QED) is 0.853. The van der Waals surface area contributed by atoms with Crippen molar-refractivity contribution in [2.24, 2.45) is 7.05 Å². The molecule has 25 heavy (non-hydrogen) atoms. The number of hydrogen-bond donors (Lipinski definition) is 0. The van der Waals surface area contributed by atoms with Gasteiger partial charge >= 0.3 is 0 Å². The van der Waals surface area contributed by atoms with Crippen LogP contribution in [0.4, 0.5) is 4.39 Å². The van der Waals surface area contributed by atoms with E-state index in [1.807, 2.05) is 13.0 Å². The molecule has 2 aromatic rings. The normalized spacial score (nSPS) is 16.9. The summed E-state index contributed by atoms with van der Waals surface area (Å²) >= 11 is 0. The van der Waals surface area contributed by atoms with Crippen molar-refractivity contribution >= 4 is 5.91 Å². The van der Waals surface area contributed by atoms with Crippen LogP contribution in [-0.2, 0) is 18.3 Å². The average Bonchev–Trinajstić information content (AvgIpc) is 3.03. The SMILES string of the molecule is Cc1cc(O[C@@H]2CCN(C(=O)Cc3ccc(F)cc3)C2)cc(=O)n1C. The predicted octanol–water partition coefficient (Wildman–Crippen LogP) is 2.06. The first-order valence-corrected chi connectivity index (χ1v) is 8.29. The van der Waals surface area contributed by atoms with Crippen LogP contribution in [0.3, 0.4) is 0 Å². The van der Waals surface area contributed by atoms with E-state index in [4.69, 9.17) is 4.74 Å². The van der Waals surface area contributed by atoms with Gasteiger partial charge in [0, 0.05) is 31.8 Å². The van der Waals surface area contributed by atoms with Crippen molar-refractivity contribution in [3.05, 3.63) is 63.8 Å². The molecular weight excluding hydrogens is 323 g/mol. The Balaban J connectivity index is 1.59. The zero-order valence-electron chi connectivity index (χ0n) is 14.4. The Bertz CT molecular complexity index is 830. The third kappa shape index (κ3) is 4.07. The molecule has 3 rings (SSSR count). The maximum atomic E-state index is 12.9. The topological polar surface area (TPSA) is 51.5 Å². The van der Waals surface area contributed by atoms with Gasteiger partial charge in [-0.1, -0.05) is 12.1 Å². The number of nitrogens with zero attached hydrogens (tertiary/aromatic N) is 2. The van der Waals surface area contributed by atoms with Crippen molar-refractivity contribution in [2.75, 3.05) is 13.1 Å². The number of carbonyl (C=O) groups is 1. The number of benzene rings is 1. The molecule has 0 saturated carbocycles. The lowest BCUT2D eigenvalue weighted by Gasteiger charge is -2.18. The minimum absolute atomic E-state index is 0.00198. The standard InChI is InChI=1S/C19H21FN2O3/c1-13-9-17(11-18(23)21(13)2)25-16-7-8-22(12-16)19(24)10-14-3-5-15(20)6-4-14/h3-6,9,11,16H,7-8,10,12H2,1-2H3/t16-/m1/s1. The zero-order valence-corrected chi connectivity index (χ0v) is 14.4. The van der Waals surface area contributed by atoms with Crippen LogP contribution < -0.4 is 10.3 Å². The molecule has 0 unspecified atom stereocenters. The number of aryl methyl sites for hydroxylation is 1. The van der Waals surface area contributed by atoms with Crippen molar-refractivity contribution in [1.82, 2.24) is 9.47 Å². The van der Waals surface area contributed by atoms with Crippen LogP contribution in [0, 0.1) is 12.7 Å². The third-order valence-corrected chi connectivity index (χ3v) is 4.55. The minimum atomic E-state index is -0.310. The monoisotopic (exact) mass is 344 g/mol. The van der Waals surface area contributed by atoms with Gasteiger partial charge in [-0.15, -0.1) is 0 Å². The second-order valence-electron chi connectivity index (χ2n) is 6.40. The number of hydrogen-bond acceptors (Lipinski definition) is 3. The van der Waals surface area contributed by atoms with E-state index in [0.717, 1.165) is 17.7 Å². The molecular formula is C19H21FN2O3. The molecule has 1 aliphatic rings. The van der Waals surface area contributed by atoms with Crippen LogP contribution in [0.25, 0.3) is 0 Å². The van der Waals surface area contributed by atoms with Gasteiger partial charge in [-0.05, 0) is 30.7 Å². The lowest BCUT2D eigenvalue weighted by Crippen LogP contribution is -2.32. The highest BCUT2D eigenvalue weighted by atomic mass is 19.1. The molecule has 1 aromatic carbocycles. The van der Waals surface area contributed by atoms with E-state index >= 15 is 0 Å². The molecule has 1 fully saturated rings. The Morgan fingerprint density at radius 2 is 2.00 bits per heavy atom. The van der Waals surface area contributed by atoms with Crippen LogP contribution in [0.1, 0.15) is 17.7 Å². The molecule has 0 aliphatic carbocycles. The summed E-state index contributed by atoms with van der Waals surface area (Å²) in [4.78, 5) is 26.0. The fourth-order valence-corrected chi connectivity index (χ4v) is 2.94. The van der Waals surface area contributed by atoms with E-state index < -0.39 is 0 Å². The molecule has 0 N–H and O–H groups in total. The Hall–Kier alpha value is -2.63. The van der Waals surface area contributed by atoms with Gasteiger partial charge in [0.15, 0.2) is 0 Å². The summed E-state index contributed by atoms with van der Waals surface area (Å²) in [7, 11) is 1.72. The molecule has 1 aromatic heterocycles. The Kier molecular flexibility index (Phi) is 4.88. The summed E-state index contributed by atoms with van der Waals surface area (Å²) in [6.07, 6.45) is 0.852. The number of aromatic nitrogens is 1. The van der Waals surface area contributed by atoms with Gasteiger partial charge in [-0.2, -0.15) is 0 Å². The van der Waals surface area contributed by atoms with Gasteiger partial charge in [0.2, 0.25) is 5.91 Å². The number of halogens is 1. The fraction of sp³-hybridized carbons (Fsp3) is 0.368. The largest absolute Gasteiger partial charge is 0.488 e. The van der Waals surface area contributed by atoms with Gasteiger partial charge in [0.05, 0.1) is 13.0 Å². The van der Waals surface area contributed by atoms with Gasteiger partial charge in [-0.25, -0.2) is 4.39 Å². The summed E-state index contributed by atoms with van der Waals surface area (Å²) in [5.74, 6) is 0.228. The molecule has 6 heteroatoms. The molecule has 132 valence electrons. The number of rotatable bonds is 4. The second-order valence-corrected chi connectivity index (χ2v) is 6.40. The van der Waals surface area contributed by atoms with Gasteiger partial charge < -0.3 is 14.2 Å². The highest BCUT2D eigenvalue weighted by molar-refractivity contribution is 5.79. The highest BCUT2D eigenvalue weighted by Crippen LogP contribution is 2.19. The smallest absolute Gasteiger partial charge is 0.254 e. The number of pyridine rings is 1. The predicted molar refractivity (Wildman–Crippen MR) is 92.1 cm³/mol. The van der Waals surface area contributed by atoms with E-state index in [-0.39, 0.29) is 29.8 Å². The van der Waals surface area contributed by atoms with E-state index in [1.54, 1.807) is 28.6 Å². The first kappa shape index (κ1) is 17.2. The maximum absolute atomic E-state index is 12.9. The third-order valence-electron chi connectivity index (χ3n) is 4.55. The van der Waals surface area contributed by atoms with E-state index in [1.165, 1.54) is 18.2 Å². The Labute approximate surface area is 145 Å². The average molecular weight is 344 g/mol. The molecule has 1 amide bonds. The van der Waals surface area contributed by atoms with Crippen molar-refractivity contribution in [3.8, 4) is 5.75 Å². The summed E-state index contributed by atoms with van der Waals surface area (Å²) in [5.41, 5.74) is 1.50. The maximum Gasteiger partial charge on any atom is 0.254 e. The Morgan fingerprint density at radius 3 is 2.68 bits per heavy atom. The van der Waals surface area contributed by atoms with Gasteiger partial charge in [0.1, 0.15) is 17.7 Å². The lowest BCUT2D eigenvalue weighted by atomic mass is 10.1. The highest BCUT2D eigenvalue weighted by Gasteiger charge is 2.27. The zero-order chi connectivity index (χ0) is 18.0. The van der Waals surface area contributed by atoms with Crippen molar-refractivity contribution in [1.29, 1.82) is 0 Å².